The maximum atomic E-state index is 12.6. The highest BCUT2D eigenvalue weighted by Crippen LogP contribution is 2.44. The molecule has 0 spiro atoms. The topological polar surface area (TPSA) is 24.9 Å². The Morgan fingerprint density at radius 1 is 1.14 bits per heavy atom. The number of nitrogens with zero attached hydrogens (tertiary/aromatic N) is 1. The van der Waals surface area contributed by atoms with Crippen molar-refractivity contribution in [3.63, 3.8) is 0 Å². The lowest BCUT2D eigenvalue weighted by Crippen LogP contribution is -2.38. The predicted octanol–water partition coefficient (Wildman–Crippen LogP) is 4.75. The molecular formula is C12H11ClF6N2. The molecule has 2 nitrogen and oxygen atoms in total. The zero-order valence-electron chi connectivity index (χ0n) is 10.5. The van der Waals surface area contributed by atoms with Gasteiger partial charge in [-0.05, 0) is 30.9 Å². The molecule has 0 bridgehead atoms. The van der Waals surface area contributed by atoms with Gasteiger partial charge in [-0.2, -0.15) is 26.3 Å². The van der Waals surface area contributed by atoms with Crippen LogP contribution in [0.15, 0.2) is 12.1 Å². The minimum Gasteiger partial charge on any atom is -0.370 e. The number of anilines is 1. The Balaban J connectivity index is 1.91. The first kappa shape index (κ1) is 16.2. The maximum absolute atomic E-state index is 12.6. The van der Waals surface area contributed by atoms with Crippen LogP contribution >= 0.6 is 11.6 Å². The van der Waals surface area contributed by atoms with Crippen molar-refractivity contribution in [1.82, 2.24) is 4.98 Å². The van der Waals surface area contributed by atoms with Crippen molar-refractivity contribution in [1.29, 1.82) is 0 Å². The molecular weight excluding hydrogens is 322 g/mol. The van der Waals surface area contributed by atoms with Gasteiger partial charge in [0, 0.05) is 6.54 Å². The molecule has 1 fully saturated rings. The molecule has 21 heavy (non-hydrogen) atoms. The summed E-state index contributed by atoms with van der Waals surface area (Å²) in [7, 11) is 0. The lowest BCUT2D eigenvalue weighted by molar-refractivity contribution is -0.203. The van der Waals surface area contributed by atoms with E-state index in [0.29, 0.717) is 0 Å². The number of hydrogen-bond acceptors (Lipinski definition) is 2. The van der Waals surface area contributed by atoms with Crippen LogP contribution < -0.4 is 5.32 Å². The van der Waals surface area contributed by atoms with E-state index in [-0.39, 0.29) is 31.1 Å². The molecule has 1 N–H and O–H groups in total. The highest BCUT2D eigenvalue weighted by atomic mass is 35.5. The Hall–Kier alpha value is -1.18. The van der Waals surface area contributed by atoms with Gasteiger partial charge in [-0.25, -0.2) is 4.98 Å². The summed E-state index contributed by atoms with van der Waals surface area (Å²) in [6, 6.07) is 2.32. The van der Waals surface area contributed by atoms with E-state index in [4.69, 9.17) is 11.6 Å². The summed E-state index contributed by atoms with van der Waals surface area (Å²) in [5, 5.41) is 2.10. The summed E-state index contributed by atoms with van der Waals surface area (Å²) >= 11 is 5.42. The highest BCUT2D eigenvalue weighted by molar-refractivity contribution is 6.31. The minimum absolute atomic E-state index is 0.0176. The van der Waals surface area contributed by atoms with E-state index in [1.807, 2.05) is 0 Å². The van der Waals surface area contributed by atoms with Gasteiger partial charge < -0.3 is 5.32 Å². The van der Waals surface area contributed by atoms with Crippen LogP contribution in [0.3, 0.4) is 0 Å². The number of alkyl halides is 6. The molecule has 1 saturated carbocycles. The van der Waals surface area contributed by atoms with Crippen LogP contribution in [0.2, 0.25) is 5.02 Å². The average molecular weight is 333 g/mol. The highest BCUT2D eigenvalue weighted by Gasteiger charge is 2.47. The monoisotopic (exact) mass is 332 g/mol. The van der Waals surface area contributed by atoms with Gasteiger partial charge in [0.05, 0.1) is 10.9 Å². The van der Waals surface area contributed by atoms with Crippen LogP contribution in [0.25, 0.3) is 0 Å². The first-order valence-electron chi connectivity index (χ1n) is 6.11. The number of nitrogens with one attached hydrogen (secondary N) is 1. The summed E-state index contributed by atoms with van der Waals surface area (Å²) in [6.07, 6.45) is -8.91. The smallest absolute Gasteiger partial charge is 0.370 e. The molecule has 2 rings (SSSR count). The van der Waals surface area contributed by atoms with Crippen molar-refractivity contribution in [2.24, 2.45) is 11.8 Å². The lowest BCUT2D eigenvalue weighted by atomic mass is 9.74. The van der Waals surface area contributed by atoms with Crippen LogP contribution in [0.1, 0.15) is 18.5 Å². The van der Waals surface area contributed by atoms with Crippen molar-refractivity contribution in [2.45, 2.75) is 25.2 Å². The fourth-order valence-electron chi connectivity index (χ4n) is 2.16. The molecule has 9 heteroatoms. The summed E-state index contributed by atoms with van der Waals surface area (Å²) in [5.41, 5.74) is -1.21. The standard InChI is InChI=1S/C12H11ClF6N2/c13-8-1-2-9(21-10(8)12(17,18)19)20-5-6-3-7(4-6)11(14,15)16/h1-2,6-7H,3-5H2,(H,20,21). The van der Waals surface area contributed by atoms with Crippen LogP contribution in [0.4, 0.5) is 32.2 Å². The first-order valence-corrected chi connectivity index (χ1v) is 6.49. The van der Waals surface area contributed by atoms with Crippen molar-refractivity contribution < 1.29 is 26.3 Å². The number of aromatic nitrogens is 1. The van der Waals surface area contributed by atoms with Crippen LogP contribution in [-0.4, -0.2) is 17.7 Å². The maximum Gasteiger partial charge on any atom is 0.434 e. The molecule has 118 valence electrons. The summed E-state index contributed by atoms with van der Waals surface area (Å²) in [4.78, 5) is 3.35. The molecule has 1 aliphatic carbocycles. The van der Waals surface area contributed by atoms with Gasteiger partial charge in [-0.3, -0.25) is 0 Å². The molecule has 0 amide bonds. The van der Waals surface area contributed by atoms with Crippen molar-refractivity contribution in [3.8, 4) is 0 Å². The van der Waals surface area contributed by atoms with E-state index < -0.39 is 29.0 Å². The molecule has 1 aliphatic rings. The van der Waals surface area contributed by atoms with E-state index in [0.717, 1.165) is 6.07 Å². The fourth-order valence-corrected chi connectivity index (χ4v) is 2.37. The molecule has 0 aliphatic heterocycles. The van der Waals surface area contributed by atoms with Crippen molar-refractivity contribution in [2.75, 3.05) is 11.9 Å². The zero-order chi connectivity index (χ0) is 15.8. The number of rotatable bonds is 3. The Morgan fingerprint density at radius 2 is 1.76 bits per heavy atom. The lowest BCUT2D eigenvalue weighted by Gasteiger charge is -2.36. The third-order valence-electron chi connectivity index (χ3n) is 3.38. The van der Waals surface area contributed by atoms with Gasteiger partial charge in [-0.1, -0.05) is 11.6 Å². The average Bonchev–Trinajstić information content (AvgIpc) is 2.25. The molecule has 0 unspecified atom stereocenters. The fraction of sp³-hybridized carbons (Fsp3) is 0.583. The quantitative estimate of drug-likeness (QED) is 0.808. The number of halogens is 7. The molecule has 0 atom stereocenters. The van der Waals surface area contributed by atoms with E-state index in [9.17, 15) is 26.3 Å². The Morgan fingerprint density at radius 3 is 2.29 bits per heavy atom. The van der Waals surface area contributed by atoms with Crippen molar-refractivity contribution >= 4 is 17.4 Å². The van der Waals surface area contributed by atoms with E-state index in [2.05, 4.69) is 10.3 Å². The third kappa shape index (κ3) is 3.93. The number of hydrogen-bond donors (Lipinski definition) is 1. The first-order chi connectivity index (χ1) is 9.57. The Kier molecular flexibility index (Phi) is 4.28. The SMILES string of the molecule is FC(F)(F)c1nc(NCC2CC(C(F)(F)F)C2)ccc1Cl. The molecule has 1 aromatic heterocycles. The van der Waals surface area contributed by atoms with Crippen LogP contribution in [-0.2, 0) is 6.18 Å². The molecule has 0 aromatic carbocycles. The Labute approximate surface area is 121 Å². The summed E-state index contributed by atoms with van der Waals surface area (Å²) in [5.74, 6) is -1.58. The largest absolute Gasteiger partial charge is 0.434 e. The second kappa shape index (κ2) is 5.55. The minimum atomic E-state index is -4.67. The van der Waals surface area contributed by atoms with Gasteiger partial charge >= 0.3 is 12.4 Å². The van der Waals surface area contributed by atoms with Crippen LogP contribution in [0.5, 0.6) is 0 Å². The summed E-state index contributed by atoms with van der Waals surface area (Å²) in [6.45, 7) is 0.151. The number of pyridine rings is 1. The van der Waals surface area contributed by atoms with Gasteiger partial charge in [0.15, 0.2) is 5.69 Å². The third-order valence-corrected chi connectivity index (χ3v) is 3.69. The Bertz CT molecular complexity index is 507. The predicted molar refractivity (Wildman–Crippen MR) is 65.0 cm³/mol. The van der Waals surface area contributed by atoms with Crippen molar-refractivity contribution in [3.05, 3.63) is 22.8 Å². The van der Waals surface area contributed by atoms with Gasteiger partial charge in [-0.15, -0.1) is 0 Å². The zero-order valence-corrected chi connectivity index (χ0v) is 11.3. The van der Waals surface area contributed by atoms with E-state index in [1.165, 1.54) is 6.07 Å². The summed E-state index contributed by atoms with van der Waals surface area (Å²) < 4.78 is 74.6. The van der Waals surface area contributed by atoms with Gasteiger partial charge in [0.2, 0.25) is 0 Å². The van der Waals surface area contributed by atoms with Gasteiger partial charge in [0.1, 0.15) is 5.82 Å². The van der Waals surface area contributed by atoms with E-state index in [1.54, 1.807) is 0 Å². The van der Waals surface area contributed by atoms with Gasteiger partial charge in [0.25, 0.3) is 0 Å². The molecule has 1 aromatic rings. The molecule has 0 saturated heterocycles. The van der Waals surface area contributed by atoms with Crippen LogP contribution in [0, 0.1) is 11.8 Å². The molecule has 0 radical (unpaired) electrons. The van der Waals surface area contributed by atoms with E-state index >= 15 is 0 Å². The second-order valence-electron chi connectivity index (χ2n) is 4.98. The second-order valence-corrected chi connectivity index (χ2v) is 5.39. The normalized spacial score (nSPS) is 22.8. The molecule has 1 heterocycles.